The minimum Gasteiger partial charge on any atom is -0.394 e. The third kappa shape index (κ3) is 3.35. The molecule has 1 atom stereocenters. The Kier molecular flexibility index (Phi) is 3.84. The largest absolute Gasteiger partial charge is 0.394 e. The van der Waals surface area contributed by atoms with Crippen LogP contribution in [0.1, 0.15) is 25.5 Å². The van der Waals surface area contributed by atoms with Crippen molar-refractivity contribution in [3.63, 3.8) is 0 Å². The van der Waals surface area contributed by atoms with Gasteiger partial charge in [-0.2, -0.15) is 5.26 Å². The molecule has 80 valence electrons. The molecule has 0 saturated carbocycles. The number of nitriles is 1. The van der Waals surface area contributed by atoms with Crippen molar-refractivity contribution in [1.29, 1.82) is 5.26 Å². The summed E-state index contributed by atoms with van der Waals surface area (Å²) in [5.74, 6) is 0. The molecule has 1 aromatic rings. The van der Waals surface area contributed by atoms with E-state index < -0.39 is 5.54 Å². The van der Waals surface area contributed by atoms with Crippen molar-refractivity contribution in [3.05, 3.63) is 35.9 Å². The second-order valence-corrected chi connectivity index (χ2v) is 4.16. The number of benzene rings is 1. The van der Waals surface area contributed by atoms with Crippen LogP contribution in [0.5, 0.6) is 0 Å². The fourth-order valence-corrected chi connectivity index (χ4v) is 1.27. The van der Waals surface area contributed by atoms with Gasteiger partial charge in [-0.25, -0.2) is 0 Å². The molecule has 2 N–H and O–H groups in total. The van der Waals surface area contributed by atoms with Crippen LogP contribution in [0.15, 0.2) is 30.3 Å². The van der Waals surface area contributed by atoms with Crippen LogP contribution >= 0.6 is 0 Å². The molecule has 15 heavy (non-hydrogen) atoms. The number of hydrogen-bond donors (Lipinski definition) is 2. The van der Waals surface area contributed by atoms with E-state index in [4.69, 9.17) is 10.4 Å². The summed E-state index contributed by atoms with van der Waals surface area (Å²) in [6.45, 7) is 3.72. The Hall–Kier alpha value is -1.37. The fraction of sp³-hybridized carbons (Fsp3) is 0.417. The molecule has 0 aliphatic rings. The summed E-state index contributed by atoms with van der Waals surface area (Å²) in [6.07, 6.45) is 0. The first-order valence-electron chi connectivity index (χ1n) is 4.92. The summed E-state index contributed by atoms with van der Waals surface area (Å²) in [6, 6.07) is 11.3. The molecule has 0 bridgehead atoms. The highest BCUT2D eigenvalue weighted by atomic mass is 16.3. The number of aliphatic hydroxyl groups excluding tert-OH is 1. The third-order valence-electron chi connectivity index (χ3n) is 2.19. The van der Waals surface area contributed by atoms with Crippen molar-refractivity contribution in [2.75, 3.05) is 6.61 Å². The standard InChI is InChI=1S/C12H16N2O/c1-12(2,9-15)14-11(8-13)10-6-4-3-5-7-10/h3-7,11,14-15H,9H2,1-2H3. The lowest BCUT2D eigenvalue weighted by Crippen LogP contribution is -2.44. The van der Waals surface area contributed by atoms with Gasteiger partial charge in [0.2, 0.25) is 0 Å². The van der Waals surface area contributed by atoms with Gasteiger partial charge in [-0.3, -0.25) is 5.32 Å². The lowest BCUT2D eigenvalue weighted by Gasteiger charge is -2.26. The van der Waals surface area contributed by atoms with Gasteiger partial charge >= 0.3 is 0 Å². The molecule has 3 heteroatoms. The van der Waals surface area contributed by atoms with Gasteiger partial charge in [0.25, 0.3) is 0 Å². The van der Waals surface area contributed by atoms with Crippen molar-refractivity contribution in [1.82, 2.24) is 5.32 Å². The van der Waals surface area contributed by atoms with E-state index in [1.807, 2.05) is 44.2 Å². The SMILES string of the molecule is CC(C)(CO)NC(C#N)c1ccccc1. The van der Waals surface area contributed by atoms with Gasteiger partial charge in [-0.1, -0.05) is 30.3 Å². The average Bonchev–Trinajstić information content (AvgIpc) is 2.27. The van der Waals surface area contributed by atoms with Crippen molar-refractivity contribution in [3.8, 4) is 6.07 Å². The highest BCUT2D eigenvalue weighted by molar-refractivity contribution is 5.24. The van der Waals surface area contributed by atoms with E-state index in [-0.39, 0.29) is 12.6 Å². The van der Waals surface area contributed by atoms with E-state index in [1.54, 1.807) is 0 Å². The van der Waals surface area contributed by atoms with Crippen molar-refractivity contribution in [2.24, 2.45) is 0 Å². The molecule has 0 fully saturated rings. The monoisotopic (exact) mass is 204 g/mol. The summed E-state index contributed by atoms with van der Waals surface area (Å²) in [5, 5.41) is 21.3. The number of hydrogen-bond acceptors (Lipinski definition) is 3. The maximum Gasteiger partial charge on any atom is 0.121 e. The second-order valence-electron chi connectivity index (χ2n) is 4.16. The van der Waals surface area contributed by atoms with E-state index in [0.717, 1.165) is 5.56 Å². The van der Waals surface area contributed by atoms with Gasteiger partial charge in [0.1, 0.15) is 6.04 Å². The zero-order valence-electron chi connectivity index (χ0n) is 9.07. The molecule has 0 saturated heterocycles. The summed E-state index contributed by atoms with van der Waals surface area (Å²) in [5.41, 5.74) is 0.470. The molecule has 1 rings (SSSR count). The van der Waals surface area contributed by atoms with Crippen LogP contribution in [-0.2, 0) is 0 Å². The zero-order valence-corrected chi connectivity index (χ0v) is 9.07. The van der Waals surface area contributed by atoms with Gasteiger partial charge < -0.3 is 5.11 Å². The molecule has 0 amide bonds. The second kappa shape index (κ2) is 4.92. The van der Waals surface area contributed by atoms with Crippen molar-refractivity contribution < 1.29 is 5.11 Å². The first-order valence-corrected chi connectivity index (χ1v) is 4.92. The quantitative estimate of drug-likeness (QED) is 0.783. The van der Waals surface area contributed by atoms with E-state index in [9.17, 15) is 0 Å². The Morgan fingerprint density at radius 2 is 2.00 bits per heavy atom. The van der Waals surface area contributed by atoms with E-state index >= 15 is 0 Å². The van der Waals surface area contributed by atoms with Gasteiger partial charge in [-0.05, 0) is 19.4 Å². The van der Waals surface area contributed by atoms with Gasteiger partial charge in [0, 0.05) is 5.54 Å². The van der Waals surface area contributed by atoms with Gasteiger partial charge in [0.15, 0.2) is 0 Å². The summed E-state index contributed by atoms with van der Waals surface area (Å²) < 4.78 is 0. The Morgan fingerprint density at radius 1 is 1.40 bits per heavy atom. The highest BCUT2D eigenvalue weighted by Gasteiger charge is 2.21. The fourth-order valence-electron chi connectivity index (χ4n) is 1.27. The molecule has 0 aliphatic carbocycles. The summed E-state index contributed by atoms with van der Waals surface area (Å²) in [7, 11) is 0. The van der Waals surface area contributed by atoms with Crippen LogP contribution in [-0.4, -0.2) is 17.3 Å². The number of nitrogens with one attached hydrogen (secondary N) is 1. The molecule has 0 aromatic heterocycles. The van der Waals surface area contributed by atoms with Crippen LogP contribution in [0.2, 0.25) is 0 Å². The molecule has 0 radical (unpaired) electrons. The normalized spacial score (nSPS) is 13.2. The number of aliphatic hydroxyl groups is 1. The van der Waals surface area contributed by atoms with E-state index in [2.05, 4.69) is 11.4 Å². The highest BCUT2D eigenvalue weighted by Crippen LogP contribution is 2.15. The first-order chi connectivity index (χ1) is 7.09. The smallest absolute Gasteiger partial charge is 0.121 e. The van der Waals surface area contributed by atoms with Crippen LogP contribution in [0, 0.1) is 11.3 Å². The molecule has 1 aromatic carbocycles. The molecular weight excluding hydrogens is 188 g/mol. The zero-order chi connectivity index (χ0) is 11.3. The Morgan fingerprint density at radius 3 is 2.47 bits per heavy atom. The minimum atomic E-state index is -0.448. The molecule has 0 heterocycles. The molecule has 0 spiro atoms. The predicted molar refractivity (Wildman–Crippen MR) is 59.1 cm³/mol. The Balaban J connectivity index is 2.79. The van der Waals surface area contributed by atoms with E-state index in [1.165, 1.54) is 0 Å². The van der Waals surface area contributed by atoms with Crippen LogP contribution in [0.4, 0.5) is 0 Å². The van der Waals surface area contributed by atoms with Crippen LogP contribution < -0.4 is 5.32 Å². The predicted octanol–water partition coefficient (Wildman–Crippen LogP) is 1.61. The summed E-state index contributed by atoms with van der Waals surface area (Å²) in [4.78, 5) is 0. The van der Waals surface area contributed by atoms with Crippen molar-refractivity contribution in [2.45, 2.75) is 25.4 Å². The molecular formula is C12H16N2O. The Labute approximate surface area is 90.4 Å². The van der Waals surface area contributed by atoms with Crippen LogP contribution in [0.3, 0.4) is 0 Å². The van der Waals surface area contributed by atoms with Gasteiger partial charge in [0.05, 0.1) is 12.7 Å². The third-order valence-corrected chi connectivity index (χ3v) is 2.19. The molecule has 1 unspecified atom stereocenters. The topological polar surface area (TPSA) is 56.0 Å². The lowest BCUT2D eigenvalue weighted by atomic mass is 10.0. The van der Waals surface area contributed by atoms with Gasteiger partial charge in [-0.15, -0.1) is 0 Å². The Bertz CT molecular complexity index is 340. The molecule has 3 nitrogen and oxygen atoms in total. The lowest BCUT2D eigenvalue weighted by molar-refractivity contribution is 0.182. The minimum absolute atomic E-state index is 0.00197. The maximum absolute atomic E-state index is 9.11. The summed E-state index contributed by atoms with van der Waals surface area (Å²) >= 11 is 0. The molecule has 0 aliphatic heterocycles. The van der Waals surface area contributed by atoms with E-state index in [0.29, 0.717) is 0 Å². The average molecular weight is 204 g/mol. The first kappa shape index (κ1) is 11.7. The number of nitrogens with zero attached hydrogens (tertiary/aromatic N) is 1. The van der Waals surface area contributed by atoms with Crippen LogP contribution in [0.25, 0.3) is 0 Å². The maximum atomic E-state index is 9.11. The van der Waals surface area contributed by atoms with Crippen molar-refractivity contribution >= 4 is 0 Å². The number of rotatable bonds is 4.